The van der Waals surface area contributed by atoms with Crippen molar-refractivity contribution in [1.82, 2.24) is 9.88 Å². The van der Waals surface area contributed by atoms with Crippen molar-refractivity contribution in [2.75, 3.05) is 6.54 Å². The Bertz CT molecular complexity index is 463. The third-order valence-electron chi connectivity index (χ3n) is 4.26. The fraction of sp³-hybridized carbons (Fsp3) is 0.571. The minimum atomic E-state index is 0.143. The van der Waals surface area contributed by atoms with Gasteiger partial charge in [0, 0.05) is 18.8 Å². The lowest BCUT2D eigenvalue weighted by molar-refractivity contribution is 0.0688. The topological polar surface area (TPSA) is 33.2 Å². The van der Waals surface area contributed by atoms with Gasteiger partial charge in [-0.15, -0.1) is 0 Å². The first-order valence-corrected chi connectivity index (χ1v) is 7.48. The standard InChI is InChI=1S/C14H17BrN2O/c15-13-11(5-3-8-16-13)14(18)17-9-7-10-4-1-2-6-12(10)17/h3,5,8,10,12H,1-2,4,6-7,9H2. The molecule has 0 spiro atoms. The average molecular weight is 309 g/mol. The zero-order chi connectivity index (χ0) is 12.5. The van der Waals surface area contributed by atoms with Gasteiger partial charge in [-0.3, -0.25) is 4.79 Å². The fourth-order valence-corrected chi connectivity index (χ4v) is 3.78. The molecule has 2 fully saturated rings. The number of fused-ring (bicyclic) bond motifs is 1. The van der Waals surface area contributed by atoms with E-state index in [1.54, 1.807) is 6.20 Å². The Labute approximate surface area is 116 Å². The number of halogens is 1. The Morgan fingerprint density at radius 3 is 3.00 bits per heavy atom. The van der Waals surface area contributed by atoms with Crippen LogP contribution in [0.3, 0.4) is 0 Å². The minimum Gasteiger partial charge on any atom is -0.335 e. The zero-order valence-electron chi connectivity index (χ0n) is 10.3. The quantitative estimate of drug-likeness (QED) is 0.746. The van der Waals surface area contributed by atoms with Crippen LogP contribution in [0, 0.1) is 5.92 Å². The van der Waals surface area contributed by atoms with Crippen molar-refractivity contribution >= 4 is 21.8 Å². The van der Waals surface area contributed by atoms with Crippen LogP contribution in [0.4, 0.5) is 0 Å². The van der Waals surface area contributed by atoms with Crippen LogP contribution < -0.4 is 0 Å². The number of carbonyl (C=O) groups excluding carboxylic acids is 1. The molecular formula is C14H17BrN2O. The summed E-state index contributed by atoms with van der Waals surface area (Å²) in [5.41, 5.74) is 0.698. The van der Waals surface area contributed by atoms with Crippen LogP contribution in [-0.2, 0) is 0 Å². The fourth-order valence-electron chi connectivity index (χ4n) is 3.36. The first-order chi connectivity index (χ1) is 8.77. The normalized spacial score (nSPS) is 27.1. The van der Waals surface area contributed by atoms with E-state index in [-0.39, 0.29) is 5.91 Å². The number of nitrogens with zero attached hydrogens (tertiary/aromatic N) is 2. The summed E-state index contributed by atoms with van der Waals surface area (Å²) >= 11 is 3.37. The van der Waals surface area contributed by atoms with Gasteiger partial charge in [-0.1, -0.05) is 12.8 Å². The molecular weight excluding hydrogens is 292 g/mol. The van der Waals surface area contributed by atoms with Crippen molar-refractivity contribution in [3.05, 3.63) is 28.5 Å². The molecule has 1 saturated heterocycles. The summed E-state index contributed by atoms with van der Waals surface area (Å²) in [4.78, 5) is 18.8. The number of amides is 1. The molecule has 3 rings (SSSR count). The van der Waals surface area contributed by atoms with E-state index in [2.05, 4.69) is 25.8 Å². The molecule has 4 heteroatoms. The molecule has 1 saturated carbocycles. The molecule has 1 aliphatic heterocycles. The summed E-state index contributed by atoms with van der Waals surface area (Å²) in [6, 6.07) is 4.15. The highest BCUT2D eigenvalue weighted by molar-refractivity contribution is 9.10. The molecule has 0 N–H and O–H groups in total. The summed E-state index contributed by atoms with van der Waals surface area (Å²) in [5, 5.41) is 0. The van der Waals surface area contributed by atoms with Gasteiger partial charge in [0.25, 0.3) is 5.91 Å². The molecule has 1 aromatic rings. The van der Waals surface area contributed by atoms with E-state index in [4.69, 9.17) is 0 Å². The van der Waals surface area contributed by atoms with E-state index < -0.39 is 0 Å². The van der Waals surface area contributed by atoms with Gasteiger partial charge in [-0.2, -0.15) is 0 Å². The van der Waals surface area contributed by atoms with Crippen molar-refractivity contribution < 1.29 is 4.79 Å². The van der Waals surface area contributed by atoms with Gasteiger partial charge in [0.15, 0.2) is 0 Å². The lowest BCUT2D eigenvalue weighted by atomic mass is 9.85. The van der Waals surface area contributed by atoms with Crippen LogP contribution in [0.25, 0.3) is 0 Å². The zero-order valence-corrected chi connectivity index (χ0v) is 11.9. The summed E-state index contributed by atoms with van der Waals surface area (Å²) in [7, 11) is 0. The molecule has 18 heavy (non-hydrogen) atoms. The molecule has 0 bridgehead atoms. The van der Waals surface area contributed by atoms with Crippen molar-refractivity contribution in [3.8, 4) is 0 Å². The van der Waals surface area contributed by atoms with Gasteiger partial charge in [-0.25, -0.2) is 4.98 Å². The van der Waals surface area contributed by atoms with E-state index in [1.807, 2.05) is 12.1 Å². The van der Waals surface area contributed by atoms with Gasteiger partial charge in [-0.05, 0) is 53.2 Å². The number of hydrogen-bond acceptors (Lipinski definition) is 2. The number of hydrogen-bond donors (Lipinski definition) is 0. The van der Waals surface area contributed by atoms with Crippen molar-refractivity contribution in [3.63, 3.8) is 0 Å². The molecule has 1 amide bonds. The van der Waals surface area contributed by atoms with Crippen LogP contribution in [0.1, 0.15) is 42.5 Å². The second kappa shape index (κ2) is 5.00. The van der Waals surface area contributed by atoms with Crippen molar-refractivity contribution in [2.24, 2.45) is 5.92 Å². The molecule has 2 atom stereocenters. The van der Waals surface area contributed by atoms with Crippen LogP contribution in [-0.4, -0.2) is 28.4 Å². The largest absolute Gasteiger partial charge is 0.335 e. The smallest absolute Gasteiger partial charge is 0.256 e. The summed E-state index contributed by atoms with van der Waals surface area (Å²) in [6.45, 7) is 0.912. The predicted octanol–water partition coefficient (Wildman–Crippen LogP) is 3.25. The van der Waals surface area contributed by atoms with Gasteiger partial charge < -0.3 is 4.90 Å². The number of pyridine rings is 1. The van der Waals surface area contributed by atoms with E-state index >= 15 is 0 Å². The first kappa shape index (κ1) is 12.2. The maximum Gasteiger partial charge on any atom is 0.256 e. The monoisotopic (exact) mass is 308 g/mol. The maximum absolute atomic E-state index is 12.6. The Hall–Kier alpha value is -0.900. The van der Waals surface area contributed by atoms with E-state index in [9.17, 15) is 4.79 Å². The first-order valence-electron chi connectivity index (χ1n) is 6.69. The lowest BCUT2D eigenvalue weighted by Gasteiger charge is -2.31. The Balaban J connectivity index is 1.83. The highest BCUT2D eigenvalue weighted by Crippen LogP contribution is 2.37. The van der Waals surface area contributed by atoms with Crippen molar-refractivity contribution in [1.29, 1.82) is 0 Å². The van der Waals surface area contributed by atoms with Gasteiger partial charge in [0.05, 0.1) is 5.56 Å². The Morgan fingerprint density at radius 1 is 1.33 bits per heavy atom. The number of rotatable bonds is 1. The molecule has 3 nitrogen and oxygen atoms in total. The van der Waals surface area contributed by atoms with Crippen LogP contribution in [0.5, 0.6) is 0 Å². The van der Waals surface area contributed by atoms with Crippen molar-refractivity contribution in [2.45, 2.75) is 38.1 Å². The van der Waals surface area contributed by atoms with Crippen LogP contribution >= 0.6 is 15.9 Å². The average Bonchev–Trinajstić information content (AvgIpc) is 2.82. The molecule has 96 valence electrons. The third-order valence-corrected chi connectivity index (χ3v) is 4.89. The highest BCUT2D eigenvalue weighted by Gasteiger charge is 2.38. The number of aromatic nitrogens is 1. The van der Waals surface area contributed by atoms with Gasteiger partial charge >= 0.3 is 0 Å². The minimum absolute atomic E-state index is 0.143. The SMILES string of the molecule is O=C(c1cccnc1Br)N1CCC2CCCCC21. The molecule has 0 aromatic carbocycles. The van der Waals surface area contributed by atoms with Crippen LogP contribution in [0.15, 0.2) is 22.9 Å². The summed E-state index contributed by atoms with van der Waals surface area (Å²) in [6.07, 6.45) is 7.94. The van der Waals surface area contributed by atoms with Gasteiger partial charge in [0.1, 0.15) is 4.60 Å². The Morgan fingerprint density at radius 2 is 2.17 bits per heavy atom. The number of likely N-dealkylation sites (tertiary alicyclic amines) is 1. The van der Waals surface area contributed by atoms with E-state index in [0.717, 1.165) is 12.5 Å². The number of carbonyl (C=O) groups is 1. The maximum atomic E-state index is 12.6. The molecule has 1 aromatic heterocycles. The molecule has 0 radical (unpaired) electrons. The summed E-state index contributed by atoms with van der Waals surface area (Å²) in [5.74, 6) is 0.877. The highest BCUT2D eigenvalue weighted by atomic mass is 79.9. The summed E-state index contributed by atoms with van der Waals surface area (Å²) < 4.78 is 0.661. The molecule has 2 aliphatic rings. The third kappa shape index (κ3) is 2.07. The second-order valence-corrected chi connectivity index (χ2v) is 5.99. The van der Waals surface area contributed by atoms with Crippen LogP contribution in [0.2, 0.25) is 0 Å². The van der Waals surface area contributed by atoms with Gasteiger partial charge in [0.2, 0.25) is 0 Å². The Kier molecular flexibility index (Phi) is 3.37. The van der Waals surface area contributed by atoms with E-state index in [1.165, 1.54) is 32.1 Å². The van der Waals surface area contributed by atoms with E-state index in [0.29, 0.717) is 16.2 Å². The lowest BCUT2D eigenvalue weighted by Crippen LogP contribution is -2.39. The molecule has 2 heterocycles. The predicted molar refractivity (Wildman–Crippen MR) is 73.3 cm³/mol. The molecule has 1 aliphatic carbocycles. The molecule has 2 unspecified atom stereocenters. The second-order valence-electron chi connectivity index (χ2n) is 5.24.